The minimum Gasteiger partial charge on any atom is -0.309 e. The smallest absolute Gasteiger partial charge is 0.0541 e. The Kier molecular flexibility index (Phi) is 4.38. The minimum atomic E-state index is 1.22. The zero-order chi connectivity index (χ0) is 29.2. The van der Waals surface area contributed by atoms with Crippen molar-refractivity contribution in [3.05, 3.63) is 152 Å². The van der Waals surface area contributed by atoms with Crippen LogP contribution in [0.4, 0.5) is 0 Å². The molecule has 0 spiro atoms. The molecule has 206 valence electrons. The van der Waals surface area contributed by atoms with Crippen molar-refractivity contribution >= 4 is 86.4 Å². The van der Waals surface area contributed by atoms with E-state index in [-0.39, 0.29) is 0 Å². The molecule has 0 N–H and O–H groups in total. The van der Waals surface area contributed by atoms with Crippen LogP contribution in [0.2, 0.25) is 0 Å². The van der Waals surface area contributed by atoms with E-state index in [0.717, 1.165) is 0 Å². The third kappa shape index (κ3) is 2.98. The van der Waals surface area contributed by atoms with Gasteiger partial charge in [-0.15, -0.1) is 0 Å². The average molecular weight is 568 g/mol. The van der Waals surface area contributed by atoms with Gasteiger partial charge in [0.1, 0.15) is 0 Å². The van der Waals surface area contributed by atoms with Crippen LogP contribution >= 0.6 is 0 Å². The van der Waals surface area contributed by atoms with Crippen molar-refractivity contribution < 1.29 is 0 Å². The molecule has 0 fully saturated rings. The van der Waals surface area contributed by atoms with Crippen LogP contribution in [-0.2, 0) is 0 Å². The van der Waals surface area contributed by atoms with Crippen LogP contribution in [0, 0.1) is 0 Å². The molecule has 0 amide bonds. The normalized spacial score (nSPS) is 12.4. The molecule has 11 aromatic rings. The quantitative estimate of drug-likeness (QED) is 0.183. The first-order valence-corrected chi connectivity index (χ1v) is 15.7. The molecule has 0 bridgehead atoms. The maximum atomic E-state index is 2.46. The first-order chi connectivity index (χ1) is 22.3. The summed E-state index contributed by atoms with van der Waals surface area (Å²) in [5.74, 6) is 0. The lowest BCUT2D eigenvalue weighted by molar-refractivity contribution is 1.20. The van der Waals surface area contributed by atoms with Gasteiger partial charge < -0.3 is 4.57 Å². The maximum Gasteiger partial charge on any atom is 0.0541 e. The van der Waals surface area contributed by atoms with Gasteiger partial charge in [0.2, 0.25) is 0 Å². The second-order valence-electron chi connectivity index (χ2n) is 12.5. The van der Waals surface area contributed by atoms with Gasteiger partial charge >= 0.3 is 0 Å². The highest BCUT2D eigenvalue weighted by molar-refractivity contribution is 6.30. The SMILES string of the molecule is c1cc2ccc3ccc(-c4ccc5ccc6c(-n7c8ccccc8c8ccccc87)ccc7ccc4c5c76)c4ccc(c1)c2c34. The summed E-state index contributed by atoms with van der Waals surface area (Å²) in [6, 6.07) is 56.6. The fourth-order valence-electron chi connectivity index (χ4n) is 8.37. The number of aromatic nitrogens is 1. The molecule has 1 heterocycles. The highest BCUT2D eigenvalue weighted by atomic mass is 15.0. The summed E-state index contributed by atoms with van der Waals surface area (Å²) in [6.07, 6.45) is 0. The van der Waals surface area contributed by atoms with Crippen LogP contribution in [0.5, 0.6) is 0 Å². The van der Waals surface area contributed by atoms with Crippen molar-refractivity contribution in [2.45, 2.75) is 0 Å². The van der Waals surface area contributed by atoms with Gasteiger partial charge in [-0.05, 0) is 88.6 Å². The van der Waals surface area contributed by atoms with Crippen LogP contribution < -0.4 is 0 Å². The Morgan fingerprint density at radius 2 is 0.689 bits per heavy atom. The highest BCUT2D eigenvalue weighted by Gasteiger charge is 2.19. The van der Waals surface area contributed by atoms with Crippen LogP contribution in [-0.4, -0.2) is 4.57 Å². The molecule has 10 aromatic carbocycles. The molecule has 0 radical (unpaired) electrons. The van der Waals surface area contributed by atoms with E-state index in [2.05, 4.69) is 156 Å². The summed E-state index contributed by atoms with van der Waals surface area (Å²) in [4.78, 5) is 0. The Morgan fingerprint density at radius 1 is 0.267 bits per heavy atom. The highest BCUT2D eigenvalue weighted by Crippen LogP contribution is 2.45. The number of hydrogen-bond donors (Lipinski definition) is 0. The molecule has 45 heavy (non-hydrogen) atoms. The summed E-state index contributed by atoms with van der Waals surface area (Å²) in [6.45, 7) is 0. The van der Waals surface area contributed by atoms with E-state index in [1.165, 1.54) is 103 Å². The number of rotatable bonds is 2. The molecular weight excluding hydrogens is 542 g/mol. The lowest BCUT2D eigenvalue weighted by atomic mass is 9.86. The standard InChI is InChI=1S/C44H25N/c1-3-10-38-33(8-1)34-9-2-4-11-39(34)45(38)40-25-19-30-17-23-36-32(21-15-29-18-24-37(40)44(30)43(29)36)31-20-14-28-13-12-26-6-5-7-27-16-22-35(31)42(28)41(26)27/h1-25H. The summed E-state index contributed by atoms with van der Waals surface area (Å²) in [5, 5.41) is 18.3. The fraction of sp³-hybridized carbons (Fsp3) is 0. The van der Waals surface area contributed by atoms with E-state index in [4.69, 9.17) is 0 Å². The van der Waals surface area contributed by atoms with E-state index in [9.17, 15) is 0 Å². The fourth-order valence-corrected chi connectivity index (χ4v) is 8.37. The Morgan fingerprint density at radius 3 is 1.29 bits per heavy atom. The summed E-state index contributed by atoms with van der Waals surface area (Å²) < 4.78 is 2.46. The Labute approximate surface area is 258 Å². The number of fused-ring (bicyclic) bond motifs is 3. The Hall–Kier alpha value is -5.92. The number of hydrogen-bond acceptors (Lipinski definition) is 0. The largest absolute Gasteiger partial charge is 0.309 e. The molecule has 0 aliphatic carbocycles. The number of para-hydroxylation sites is 2. The maximum absolute atomic E-state index is 2.46. The zero-order valence-corrected chi connectivity index (χ0v) is 24.4. The first kappa shape index (κ1) is 23.5. The van der Waals surface area contributed by atoms with Gasteiger partial charge in [0, 0.05) is 16.2 Å². The second-order valence-corrected chi connectivity index (χ2v) is 12.5. The Bertz CT molecular complexity index is 2910. The van der Waals surface area contributed by atoms with Gasteiger partial charge in [-0.3, -0.25) is 0 Å². The van der Waals surface area contributed by atoms with Crippen molar-refractivity contribution in [3.8, 4) is 16.8 Å². The molecule has 0 unspecified atom stereocenters. The third-order valence-electron chi connectivity index (χ3n) is 10.3. The molecular formula is C44H25N. The second kappa shape index (κ2) is 8.37. The summed E-state index contributed by atoms with van der Waals surface area (Å²) in [5.41, 5.74) is 6.28. The van der Waals surface area contributed by atoms with Gasteiger partial charge in [-0.25, -0.2) is 0 Å². The first-order valence-electron chi connectivity index (χ1n) is 15.7. The van der Waals surface area contributed by atoms with Crippen LogP contribution in [0.25, 0.3) is 103 Å². The third-order valence-corrected chi connectivity index (χ3v) is 10.3. The topological polar surface area (TPSA) is 4.93 Å². The van der Waals surface area contributed by atoms with E-state index in [1.807, 2.05) is 0 Å². The summed E-state index contributed by atoms with van der Waals surface area (Å²) in [7, 11) is 0. The van der Waals surface area contributed by atoms with E-state index >= 15 is 0 Å². The van der Waals surface area contributed by atoms with E-state index in [1.54, 1.807) is 0 Å². The molecule has 1 heteroatoms. The van der Waals surface area contributed by atoms with Crippen molar-refractivity contribution in [1.82, 2.24) is 4.57 Å². The minimum absolute atomic E-state index is 1.22. The number of nitrogens with zero attached hydrogens (tertiary/aromatic N) is 1. The number of benzene rings is 10. The van der Waals surface area contributed by atoms with Crippen molar-refractivity contribution in [2.75, 3.05) is 0 Å². The van der Waals surface area contributed by atoms with Crippen molar-refractivity contribution in [2.24, 2.45) is 0 Å². The van der Waals surface area contributed by atoms with Gasteiger partial charge in [0.25, 0.3) is 0 Å². The molecule has 0 saturated heterocycles. The molecule has 1 nitrogen and oxygen atoms in total. The molecule has 0 saturated carbocycles. The predicted molar refractivity (Wildman–Crippen MR) is 194 cm³/mol. The van der Waals surface area contributed by atoms with Gasteiger partial charge in [0.05, 0.1) is 16.7 Å². The Balaban J connectivity index is 1.25. The lowest BCUT2D eigenvalue weighted by Crippen LogP contribution is -1.97. The average Bonchev–Trinajstić information content (AvgIpc) is 3.44. The summed E-state index contributed by atoms with van der Waals surface area (Å²) >= 11 is 0. The monoisotopic (exact) mass is 567 g/mol. The zero-order valence-electron chi connectivity index (χ0n) is 24.4. The molecule has 0 aliphatic heterocycles. The van der Waals surface area contributed by atoms with Gasteiger partial charge in [-0.1, -0.05) is 133 Å². The van der Waals surface area contributed by atoms with E-state index in [0.29, 0.717) is 0 Å². The van der Waals surface area contributed by atoms with Gasteiger partial charge in [-0.2, -0.15) is 0 Å². The molecule has 0 aliphatic rings. The van der Waals surface area contributed by atoms with Crippen molar-refractivity contribution in [1.29, 1.82) is 0 Å². The van der Waals surface area contributed by atoms with Crippen molar-refractivity contribution in [3.63, 3.8) is 0 Å². The molecule has 0 atom stereocenters. The predicted octanol–water partition coefficient (Wildman–Crippen LogP) is 12.2. The van der Waals surface area contributed by atoms with Crippen LogP contribution in [0.1, 0.15) is 0 Å². The van der Waals surface area contributed by atoms with Crippen LogP contribution in [0.3, 0.4) is 0 Å². The van der Waals surface area contributed by atoms with Crippen LogP contribution in [0.15, 0.2) is 152 Å². The lowest BCUT2D eigenvalue weighted by Gasteiger charge is -2.19. The van der Waals surface area contributed by atoms with E-state index < -0.39 is 0 Å². The molecule has 1 aromatic heterocycles. The molecule has 11 rings (SSSR count). The van der Waals surface area contributed by atoms with Gasteiger partial charge in [0.15, 0.2) is 0 Å².